The van der Waals surface area contributed by atoms with E-state index < -0.39 is 0 Å². The van der Waals surface area contributed by atoms with Gasteiger partial charge in [0.15, 0.2) is 0 Å². The summed E-state index contributed by atoms with van der Waals surface area (Å²) in [5, 5.41) is 3.50. The van der Waals surface area contributed by atoms with Crippen molar-refractivity contribution >= 4 is 29.9 Å². The molecular weight excluding hydrogens is 337 g/mol. The summed E-state index contributed by atoms with van der Waals surface area (Å²) in [6.45, 7) is 4.18. The van der Waals surface area contributed by atoms with Gasteiger partial charge in [0.25, 0.3) is 0 Å². The summed E-state index contributed by atoms with van der Waals surface area (Å²) in [6, 6.07) is 7.46. The number of para-hydroxylation sites is 1. The second-order valence-corrected chi connectivity index (χ2v) is 5.91. The van der Waals surface area contributed by atoms with E-state index in [0.717, 1.165) is 32.5 Å². The van der Waals surface area contributed by atoms with Gasteiger partial charge in [-0.3, -0.25) is 9.69 Å². The lowest BCUT2D eigenvalue weighted by Gasteiger charge is -2.31. The number of hydrogen-bond acceptors (Lipinski definition) is 4. The average molecular weight is 362 g/mol. The summed E-state index contributed by atoms with van der Waals surface area (Å²) < 4.78 is 5.71. The first kappa shape index (κ1) is 20.0. The van der Waals surface area contributed by atoms with Gasteiger partial charge in [0, 0.05) is 26.2 Å². The van der Waals surface area contributed by atoms with Crippen LogP contribution in [0, 0.1) is 5.92 Å². The lowest BCUT2D eigenvalue weighted by Crippen LogP contribution is -2.45. The first-order chi connectivity index (χ1) is 10.7. The molecule has 1 atom stereocenters. The molecule has 2 rings (SSSR count). The van der Waals surface area contributed by atoms with E-state index >= 15 is 0 Å². The Hall–Kier alpha value is -1.01. The van der Waals surface area contributed by atoms with Gasteiger partial charge in [0.05, 0.1) is 10.9 Å². The molecule has 0 radical (unpaired) electrons. The molecule has 1 aromatic carbocycles. The van der Waals surface area contributed by atoms with Crippen LogP contribution in [0.15, 0.2) is 24.3 Å². The molecule has 0 bridgehead atoms. The largest absolute Gasteiger partial charge is 0.491 e. The predicted molar refractivity (Wildman–Crippen MR) is 95.4 cm³/mol. The number of nitrogens with one attached hydrogen (secondary N) is 1. The Balaban J connectivity index is 0.00000264. The highest BCUT2D eigenvalue weighted by Gasteiger charge is 2.25. The number of carbonyl (C=O) groups is 1. The van der Waals surface area contributed by atoms with E-state index in [0.29, 0.717) is 30.5 Å². The average Bonchev–Trinajstić information content (AvgIpc) is 2.54. The van der Waals surface area contributed by atoms with Crippen molar-refractivity contribution in [3.05, 3.63) is 29.3 Å². The van der Waals surface area contributed by atoms with Gasteiger partial charge in [-0.1, -0.05) is 23.7 Å². The Morgan fingerprint density at radius 3 is 2.96 bits per heavy atom. The summed E-state index contributed by atoms with van der Waals surface area (Å²) >= 11 is 6.06. The van der Waals surface area contributed by atoms with E-state index in [1.54, 1.807) is 0 Å². The van der Waals surface area contributed by atoms with Gasteiger partial charge in [0.2, 0.25) is 5.91 Å². The highest BCUT2D eigenvalue weighted by atomic mass is 35.5. The summed E-state index contributed by atoms with van der Waals surface area (Å²) in [4.78, 5) is 14.3. The Morgan fingerprint density at radius 1 is 1.43 bits per heavy atom. The van der Waals surface area contributed by atoms with Gasteiger partial charge in [-0.25, -0.2) is 0 Å². The third-order valence-electron chi connectivity index (χ3n) is 3.82. The molecular formula is C16H25Cl2N3O2. The minimum atomic E-state index is 0. The molecule has 0 saturated carbocycles. The molecule has 1 unspecified atom stereocenters. The number of amides is 1. The fourth-order valence-electron chi connectivity index (χ4n) is 2.66. The molecule has 7 heteroatoms. The number of halogens is 2. The number of benzene rings is 1. The summed E-state index contributed by atoms with van der Waals surface area (Å²) in [5.41, 5.74) is 5.41. The summed E-state index contributed by atoms with van der Waals surface area (Å²) in [5.74, 6) is 0.876. The monoisotopic (exact) mass is 361 g/mol. The molecule has 0 spiro atoms. The lowest BCUT2D eigenvalue weighted by molar-refractivity contribution is -0.126. The fourth-order valence-corrected chi connectivity index (χ4v) is 2.85. The molecule has 1 heterocycles. The van der Waals surface area contributed by atoms with Crippen LogP contribution in [0.2, 0.25) is 5.02 Å². The maximum atomic E-state index is 12.0. The lowest BCUT2D eigenvalue weighted by atomic mass is 9.97. The van der Waals surface area contributed by atoms with Crippen molar-refractivity contribution in [2.45, 2.75) is 12.8 Å². The minimum absolute atomic E-state index is 0. The van der Waals surface area contributed by atoms with Crippen molar-refractivity contribution in [3.63, 3.8) is 0 Å². The Bertz CT molecular complexity index is 488. The molecule has 1 aliphatic rings. The first-order valence-corrected chi connectivity index (χ1v) is 8.16. The topological polar surface area (TPSA) is 67.6 Å². The zero-order valence-corrected chi connectivity index (χ0v) is 14.7. The number of carbonyl (C=O) groups excluding carboxylic acids is 1. The summed E-state index contributed by atoms with van der Waals surface area (Å²) in [7, 11) is 0. The second kappa shape index (κ2) is 10.7. The molecule has 130 valence electrons. The van der Waals surface area contributed by atoms with Crippen molar-refractivity contribution in [2.75, 3.05) is 39.3 Å². The molecule has 0 aromatic heterocycles. The van der Waals surface area contributed by atoms with Crippen LogP contribution in [-0.2, 0) is 4.79 Å². The Morgan fingerprint density at radius 2 is 2.22 bits per heavy atom. The standard InChI is InChI=1S/C16H24ClN3O2.ClH/c17-14-5-1-2-6-15(14)22-11-10-20-9-3-4-13(12-20)16(21)19-8-7-18;/h1-2,5-6,13H,3-4,7-12,18H2,(H,19,21);1H. The molecule has 3 N–H and O–H groups in total. The van der Waals surface area contributed by atoms with Gasteiger partial charge in [-0.05, 0) is 31.5 Å². The molecule has 1 aliphatic heterocycles. The molecule has 0 aliphatic carbocycles. The quantitative estimate of drug-likeness (QED) is 0.778. The minimum Gasteiger partial charge on any atom is -0.491 e. The Labute approximate surface area is 148 Å². The molecule has 23 heavy (non-hydrogen) atoms. The number of hydrogen-bond donors (Lipinski definition) is 2. The van der Waals surface area contributed by atoms with Crippen LogP contribution < -0.4 is 15.8 Å². The highest BCUT2D eigenvalue weighted by molar-refractivity contribution is 6.32. The highest BCUT2D eigenvalue weighted by Crippen LogP contribution is 2.23. The summed E-state index contributed by atoms with van der Waals surface area (Å²) in [6.07, 6.45) is 1.98. The number of likely N-dealkylation sites (tertiary alicyclic amines) is 1. The molecule has 1 fully saturated rings. The van der Waals surface area contributed by atoms with Crippen molar-refractivity contribution in [2.24, 2.45) is 11.7 Å². The SMILES string of the molecule is Cl.NCCNC(=O)C1CCCN(CCOc2ccccc2Cl)C1. The van der Waals surface area contributed by atoms with E-state index in [4.69, 9.17) is 22.1 Å². The smallest absolute Gasteiger partial charge is 0.224 e. The normalized spacial score (nSPS) is 18.1. The van der Waals surface area contributed by atoms with Crippen LogP contribution in [0.1, 0.15) is 12.8 Å². The zero-order chi connectivity index (χ0) is 15.8. The van der Waals surface area contributed by atoms with Gasteiger partial charge < -0.3 is 15.8 Å². The molecule has 1 saturated heterocycles. The maximum absolute atomic E-state index is 12.0. The van der Waals surface area contributed by atoms with E-state index in [-0.39, 0.29) is 24.2 Å². The number of nitrogens with zero attached hydrogens (tertiary/aromatic N) is 1. The molecule has 1 aromatic rings. The van der Waals surface area contributed by atoms with E-state index in [1.165, 1.54) is 0 Å². The molecule has 1 amide bonds. The van der Waals surface area contributed by atoms with Crippen LogP contribution in [0.3, 0.4) is 0 Å². The van der Waals surface area contributed by atoms with Gasteiger partial charge in [-0.15, -0.1) is 12.4 Å². The zero-order valence-electron chi connectivity index (χ0n) is 13.2. The van der Waals surface area contributed by atoms with Crippen LogP contribution >= 0.6 is 24.0 Å². The fraction of sp³-hybridized carbons (Fsp3) is 0.562. The van der Waals surface area contributed by atoms with Gasteiger partial charge >= 0.3 is 0 Å². The third kappa shape index (κ3) is 6.55. The van der Waals surface area contributed by atoms with Crippen LogP contribution in [-0.4, -0.2) is 50.1 Å². The number of piperidine rings is 1. The van der Waals surface area contributed by atoms with Crippen molar-refractivity contribution in [3.8, 4) is 5.75 Å². The van der Waals surface area contributed by atoms with Crippen LogP contribution in [0.5, 0.6) is 5.75 Å². The van der Waals surface area contributed by atoms with Crippen molar-refractivity contribution in [1.29, 1.82) is 0 Å². The van der Waals surface area contributed by atoms with Crippen molar-refractivity contribution in [1.82, 2.24) is 10.2 Å². The maximum Gasteiger partial charge on any atom is 0.224 e. The van der Waals surface area contributed by atoms with Gasteiger partial charge in [-0.2, -0.15) is 0 Å². The van der Waals surface area contributed by atoms with Gasteiger partial charge in [0.1, 0.15) is 12.4 Å². The number of rotatable bonds is 7. The van der Waals surface area contributed by atoms with E-state index in [1.807, 2.05) is 24.3 Å². The van der Waals surface area contributed by atoms with E-state index in [2.05, 4.69) is 10.2 Å². The Kier molecular flexibility index (Phi) is 9.33. The third-order valence-corrected chi connectivity index (χ3v) is 4.13. The van der Waals surface area contributed by atoms with Crippen LogP contribution in [0.25, 0.3) is 0 Å². The van der Waals surface area contributed by atoms with Crippen LogP contribution in [0.4, 0.5) is 0 Å². The predicted octanol–water partition coefficient (Wildman–Crippen LogP) is 1.93. The van der Waals surface area contributed by atoms with Crippen molar-refractivity contribution < 1.29 is 9.53 Å². The first-order valence-electron chi connectivity index (χ1n) is 7.78. The van der Waals surface area contributed by atoms with E-state index in [9.17, 15) is 4.79 Å². The second-order valence-electron chi connectivity index (χ2n) is 5.50. The number of nitrogens with two attached hydrogens (primary N) is 1. The number of ether oxygens (including phenoxy) is 1. The molecule has 5 nitrogen and oxygen atoms in total.